The second-order valence-electron chi connectivity index (χ2n) is 5.14. The highest BCUT2D eigenvalue weighted by Gasteiger charge is 2.40. The van der Waals surface area contributed by atoms with Gasteiger partial charge in [-0.1, -0.05) is 0 Å². The van der Waals surface area contributed by atoms with Crippen molar-refractivity contribution >= 4 is 31.9 Å². The Balaban J connectivity index is 2.46. The van der Waals surface area contributed by atoms with Gasteiger partial charge in [-0.05, 0) is 47.8 Å². The predicted octanol–water partition coefficient (Wildman–Crippen LogP) is 2.60. The summed E-state index contributed by atoms with van der Waals surface area (Å²) in [6, 6.07) is 0.513. The summed E-state index contributed by atoms with van der Waals surface area (Å²) in [6.45, 7) is 1.53. The topological polar surface area (TPSA) is 74.7 Å². The number of rotatable bonds is 3. The van der Waals surface area contributed by atoms with E-state index in [1.807, 2.05) is 0 Å². The van der Waals surface area contributed by atoms with Gasteiger partial charge in [-0.15, -0.1) is 0 Å². The molecule has 1 N–H and O–H groups in total. The minimum atomic E-state index is -4.31. The molecule has 0 saturated carbocycles. The summed E-state index contributed by atoms with van der Waals surface area (Å²) in [6.07, 6.45) is 0.695. The molecule has 0 bridgehead atoms. The van der Waals surface area contributed by atoms with Crippen molar-refractivity contribution in [1.82, 2.24) is 4.31 Å². The molecule has 1 aliphatic heterocycles. The van der Waals surface area contributed by atoms with Crippen LogP contribution in [0.2, 0.25) is 0 Å². The van der Waals surface area contributed by atoms with Crippen molar-refractivity contribution in [2.45, 2.75) is 30.7 Å². The molecule has 0 aliphatic carbocycles. The summed E-state index contributed by atoms with van der Waals surface area (Å²) in [4.78, 5) is 10.4. The Kier molecular flexibility index (Phi) is 4.88. The van der Waals surface area contributed by atoms with E-state index in [0.29, 0.717) is 18.9 Å². The first-order valence-corrected chi connectivity index (χ1v) is 8.78. The van der Waals surface area contributed by atoms with Gasteiger partial charge in [0.05, 0.1) is 10.4 Å². The summed E-state index contributed by atoms with van der Waals surface area (Å²) >= 11 is 2.78. The first kappa shape index (κ1) is 17.3. The van der Waals surface area contributed by atoms with E-state index in [1.54, 1.807) is 0 Å². The summed E-state index contributed by atoms with van der Waals surface area (Å²) in [5.41, 5.74) is 0. The molecule has 2 rings (SSSR count). The number of carboxylic acid groups (broad SMARTS) is 1. The Bertz CT molecular complexity index is 710. The van der Waals surface area contributed by atoms with Crippen LogP contribution in [0, 0.1) is 17.6 Å². The average Bonchev–Trinajstić information content (AvgIpc) is 2.42. The minimum Gasteiger partial charge on any atom is -0.481 e. The lowest BCUT2D eigenvalue weighted by Gasteiger charge is -2.36. The van der Waals surface area contributed by atoms with Crippen molar-refractivity contribution in [3.8, 4) is 0 Å². The van der Waals surface area contributed by atoms with Crippen LogP contribution >= 0.6 is 15.9 Å². The van der Waals surface area contributed by atoms with Crippen molar-refractivity contribution in [2.75, 3.05) is 6.54 Å². The van der Waals surface area contributed by atoms with Gasteiger partial charge in [-0.2, -0.15) is 4.31 Å². The fourth-order valence-electron chi connectivity index (χ4n) is 2.61. The normalized spacial score (nSPS) is 23.5. The number of piperidine rings is 1. The van der Waals surface area contributed by atoms with Crippen LogP contribution in [0.5, 0.6) is 0 Å². The lowest BCUT2D eigenvalue weighted by atomic mass is 9.92. The monoisotopic (exact) mass is 397 g/mol. The highest BCUT2D eigenvalue weighted by atomic mass is 79.9. The molecule has 0 aromatic heterocycles. The second-order valence-corrected chi connectivity index (χ2v) is 7.85. The number of hydrogen-bond donors (Lipinski definition) is 1. The molecular weight excluding hydrogens is 384 g/mol. The van der Waals surface area contributed by atoms with Gasteiger partial charge >= 0.3 is 5.97 Å². The Morgan fingerprint density at radius 3 is 2.59 bits per heavy atom. The highest BCUT2D eigenvalue weighted by molar-refractivity contribution is 9.10. The molecule has 0 spiro atoms. The molecule has 1 saturated heterocycles. The molecular formula is C13H14BrF2NO4S. The fraction of sp³-hybridized carbons (Fsp3) is 0.462. The fourth-order valence-corrected chi connectivity index (χ4v) is 4.69. The van der Waals surface area contributed by atoms with Crippen LogP contribution in [0.1, 0.15) is 19.8 Å². The smallest absolute Gasteiger partial charge is 0.308 e. The lowest BCUT2D eigenvalue weighted by molar-refractivity contribution is -0.144. The van der Waals surface area contributed by atoms with Crippen LogP contribution < -0.4 is 0 Å². The Morgan fingerprint density at radius 1 is 1.36 bits per heavy atom. The van der Waals surface area contributed by atoms with Crippen LogP contribution in [0.25, 0.3) is 0 Å². The van der Waals surface area contributed by atoms with Gasteiger partial charge in [-0.3, -0.25) is 4.79 Å². The molecule has 9 heteroatoms. The zero-order valence-corrected chi connectivity index (χ0v) is 14.0. The van der Waals surface area contributed by atoms with Crippen molar-refractivity contribution in [3.05, 3.63) is 28.2 Å². The van der Waals surface area contributed by atoms with E-state index >= 15 is 0 Å². The maximum Gasteiger partial charge on any atom is 0.308 e. The Labute approximate surface area is 135 Å². The van der Waals surface area contributed by atoms with Crippen molar-refractivity contribution < 1.29 is 27.1 Å². The third-order valence-corrected chi connectivity index (χ3v) is 6.42. The standard InChI is InChI=1S/C13H14BrF2NO4S/c1-7-8(13(18)19)3-2-4-17(7)22(20,21)12-6-10(15)9(14)5-11(12)16/h5-8H,2-4H2,1H3,(H,18,19)/t7-,8-/m1/s1. The maximum absolute atomic E-state index is 13.9. The molecule has 2 atom stereocenters. The van der Waals surface area contributed by atoms with E-state index in [0.717, 1.165) is 10.4 Å². The van der Waals surface area contributed by atoms with Crippen LogP contribution in [0.4, 0.5) is 8.78 Å². The summed E-state index contributed by atoms with van der Waals surface area (Å²) in [5.74, 6) is -3.96. The first-order valence-electron chi connectivity index (χ1n) is 6.55. The van der Waals surface area contributed by atoms with Gasteiger partial charge in [0.25, 0.3) is 0 Å². The minimum absolute atomic E-state index is 0.0738. The third-order valence-electron chi connectivity index (χ3n) is 3.81. The largest absolute Gasteiger partial charge is 0.481 e. The number of carboxylic acids is 1. The predicted molar refractivity (Wildman–Crippen MR) is 77.8 cm³/mol. The van der Waals surface area contributed by atoms with E-state index < -0.39 is 44.5 Å². The van der Waals surface area contributed by atoms with Crippen LogP contribution in [0.3, 0.4) is 0 Å². The highest BCUT2D eigenvalue weighted by Crippen LogP contribution is 2.31. The molecule has 0 amide bonds. The number of benzene rings is 1. The molecule has 1 fully saturated rings. The van der Waals surface area contributed by atoms with E-state index in [2.05, 4.69) is 15.9 Å². The van der Waals surface area contributed by atoms with Crippen molar-refractivity contribution in [2.24, 2.45) is 5.92 Å². The van der Waals surface area contributed by atoms with E-state index in [9.17, 15) is 22.0 Å². The van der Waals surface area contributed by atoms with Gasteiger partial charge in [0.2, 0.25) is 10.0 Å². The number of hydrogen-bond acceptors (Lipinski definition) is 3. The van der Waals surface area contributed by atoms with Crippen LogP contribution in [0.15, 0.2) is 21.5 Å². The van der Waals surface area contributed by atoms with Crippen LogP contribution in [-0.2, 0) is 14.8 Å². The number of sulfonamides is 1. The lowest BCUT2D eigenvalue weighted by Crippen LogP contribution is -2.49. The second kappa shape index (κ2) is 6.21. The molecule has 22 heavy (non-hydrogen) atoms. The maximum atomic E-state index is 13.9. The third kappa shape index (κ3) is 3.02. The van der Waals surface area contributed by atoms with E-state index in [1.165, 1.54) is 6.92 Å². The summed E-state index contributed by atoms with van der Waals surface area (Å²) in [5, 5.41) is 9.14. The summed E-state index contributed by atoms with van der Waals surface area (Å²) < 4.78 is 53.4. The molecule has 1 aliphatic rings. The molecule has 5 nitrogen and oxygen atoms in total. The molecule has 0 radical (unpaired) electrons. The van der Waals surface area contributed by atoms with Gasteiger partial charge in [0, 0.05) is 12.6 Å². The average molecular weight is 398 g/mol. The van der Waals surface area contributed by atoms with Crippen LogP contribution in [-0.4, -0.2) is 36.4 Å². The van der Waals surface area contributed by atoms with Gasteiger partial charge in [0.1, 0.15) is 16.5 Å². The van der Waals surface area contributed by atoms with Gasteiger partial charge in [0.15, 0.2) is 0 Å². The first-order chi connectivity index (χ1) is 10.2. The van der Waals surface area contributed by atoms with Gasteiger partial charge in [-0.25, -0.2) is 17.2 Å². The van der Waals surface area contributed by atoms with E-state index in [4.69, 9.17) is 5.11 Å². The molecule has 122 valence electrons. The summed E-state index contributed by atoms with van der Waals surface area (Å²) in [7, 11) is -4.31. The number of nitrogens with zero attached hydrogens (tertiary/aromatic N) is 1. The SMILES string of the molecule is C[C@@H]1[C@H](C(=O)O)CCCN1S(=O)(=O)c1cc(F)c(Br)cc1F. The van der Waals surface area contributed by atoms with Crippen molar-refractivity contribution in [1.29, 1.82) is 0 Å². The van der Waals surface area contributed by atoms with Crippen molar-refractivity contribution in [3.63, 3.8) is 0 Å². The zero-order chi connectivity index (χ0) is 16.7. The number of aliphatic carboxylic acids is 1. The quantitative estimate of drug-likeness (QED) is 0.795. The Morgan fingerprint density at radius 2 is 2.00 bits per heavy atom. The zero-order valence-electron chi connectivity index (χ0n) is 11.6. The van der Waals surface area contributed by atoms with E-state index in [-0.39, 0.29) is 11.0 Å². The molecule has 1 aromatic rings. The molecule has 1 heterocycles. The molecule has 1 aromatic carbocycles. The van der Waals surface area contributed by atoms with Gasteiger partial charge < -0.3 is 5.11 Å². The number of halogens is 3. The molecule has 0 unspecified atom stereocenters. The number of carbonyl (C=O) groups is 1. The Hall–Kier alpha value is -1.06.